The first-order chi connectivity index (χ1) is 22.7. The number of hydrogen-bond acceptors (Lipinski definition) is 5. The lowest BCUT2D eigenvalue weighted by Crippen LogP contribution is -2.49. The summed E-state index contributed by atoms with van der Waals surface area (Å²) in [6.07, 6.45) is -3.38. The summed E-state index contributed by atoms with van der Waals surface area (Å²) in [5, 5.41) is 9.89. The van der Waals surface area contributed by atoms with Crippen molar-refractivity contribution in [2.75, 3.05) is 44.1 Å². The van der Waals surface area contributed by atoms with Gasteiger partial charge in [0, 0.05) is 77.7 Å². The zero-order valence-electron chi connectivity index (χ0n) is 32.6. The molecule has 0 radical (unpaired) electrons. The smallest absolute Gasteiger partial charge is 0.195 e. The van der Waals surface area contributed by atoms with E-state index < -0.39 is 96.4 Å². The Labute approximate surface area is 231 Å². The number of carbonyl (C=O) groups is 1. The van der Waals surface area contributed by atoms with E-state index in [4.69, 9.17) is 22.6 Å². The van der Waals surface area contributed by atoms with Gasteiger partial charge in [-0.1, -0.05) is 26.8 Å². The predicted octanol–water partition coefficient (Wildman–Crippen LogP) is 4.77. The number of piperidine rings is 1. The van der Waals surface area contributed by atoms with E-state index in [2.05, 4.69) is 4.98 Å². The molecule has 6 rings (SSSR count). The van der Waals surface area contributed by atoms with Crippen LogP contribution in [0.1, 0.15) is 89.7 Å². The van der Waals surface area contributed by atoms with Gasteiger partial charge in [-0.15, -0.1) is 0 Å². The number of H-pyrrole nitrogens is 1. The van der Waals surface area contributed by atoms with Gasteiger partial charge in [-0.2, -0.15) is 5.26 Å². The summed E-state index contributed by atoms with van der Waals surface area (Å²) in [6, 6.07) is 8.17. The number of ether oxygens (including phenoxy) is 1. The number of aromatic nitrogens is 1. The van der Waals surface area contributed by atoms with Crippen molar-refractivity contribution in [2.24, 2.45) is 0 Å². The largest absolute Gasteiger partial charge is 0.379 e. The second-order valence-electron chi connectivity index (χ2n) is 9.26. The Balaban J connectivity index is 1.54. The molecule has 36 heavy (non-hydrogen) atoms. The molecule has 6 nitrogen and oxygen atoms in total. The Kier molecular flexibility index (Phi) is 3.14. The lowest BCUT2D eigenvalue weighted by atomic mass is 9.70. The summed E-state index contributed by atoms with van der Waals surface area (Å²) in [5.74, 6) is -0.562. The molecular formula is C30H34N4O2. The molecule has 1 aromatic heterocycles. The van der Waals surface area contributed by atoms with Gasteiger partial charge >= 0.3 is 0 Å². The Morgan fingerprint density at radius 1 is 1.25 bits per heavy atom. The molecular weight excluding hydrogens is 448 g/mol. The highest BCUT2D eigenvalue weighted by atomic mass is 16.5. The van der Waals surface area contributed by atoms with E-state index in [1.165, 1.54) is 23.1 Å². The molecule has 2 fully saturated rings. The van der Waals surface area contributed by atoms with E-state index in [-0.39, 0.29) is 33.6 Å². The van der Waals surface area contributed by atoms with Crippen molar-refractivity contribution in [3.05, 3.63) is 63.8 Å². The SMILES string of the molecule is [2H]CC([2H])([2H])c1cc2c(cc1N1C([2H])([2H])CC(N3CC([2H])([2H])OC([2H])([2H])C3)CC1([2H])[2H])C(C[2H])(C[2H])c1[nH]c3cc(C#N)ccc3c1C2=O. The quantitative estimate of drug-likeness (QED) is 0.567. The van der Waals surface area contributed by atoms with Crippen molar-refractivity contribution >= 4 is 22.4 Å². The fourth-order valence-electron chi connectivity index (χ4n) is 5.18. The molecule has 1 N–H and O–H groups in total. The van der Waals surface area contributed by atoms with E-state index in [1.54, 1.807) is 12.1 Å². The third-order valence-corrected chi connectivity index (χ3v) is 7.13. The fourth-order valence-corrected chi connectivity index (χ4v) is 5.18. The molecule has 0 unspecified atom stereocenters. The number of morpholine rings is 1. The number of nitriles is 1. The zero-order valence-corrected chi connectivity index (χ0v) is 19.6. The molecule has 186 valence electrons. The minimum absolute atomic E-state index is 0.0536. The lowest BCUT2D eigenvalue weighted by molar-refractivity contribution is 0.0115. The van der Waals surface area contributed by atoms with E-state index in [1.807, 2.05) is 6.07 Å². The predicted molar refractivity (Wildman–Crippen MR) is 142 cm³/mol. The average molecular weight is 496 g/mol. The van der Waals surface area contributed by atoms with Crippen LogP contribution in [0.25, 0.3) is 10.9 Å². The normalized spacial score (nSPS) is 31.5. The Morgan fingerprint density at radius 2 is 2.06 bits per heavy atom. The Bertz CT molecular complexity index is 1850. The maximum Gasteiger partial charge on any atom is 0.195 e. The van der Waals surface area contributed by atoms with Crippen molar-refractivity contribution in [1.82, 2.24) is 9.88 Å². The van der Waals surface area contributed by atoms with Crippen LogP contribution in [0.4, 0.5) is 5.69 Å². The van der Waals surface area contributed by atoms with Gasteiger partial charge in [0.15, 0.2) is 5.78 Å². The summed E-state index contributed by atoms with van der Waals surface area (Å²) in [5.41, 5.74) is -0.952. The number of aromatic amines is 1. The summed E-state index contributed by atoms with van der Waals surface area (Å²) in [4.78, 5) is 19.5. The molecule has 0 spiro atoms. The minimum Gasteiger partial charge on any atom is -0.379 e. The van der Waals surface area contributed by atoms with Gasteiger partial charge in [0.25, 0.3) is 0 Å². The van der Waals surface area contributed by atoms with Crippen LogP contribution < -0.4 is 4.90 Å². The third-order valence-electron chi connectivity index (χ3n) is 7.13. The number of anilines is 1. The third kappa shape index (κ3) is 3.56. The highest BCUT2D eigenvalue weighted by molar-refractivity contribution is 6.20. The van der Waals surface area contributed by atoms with E-state index in [0.29, 0.717) is 16.5 Å². The number of benzene rings is 2. The molecule has 0 amide bonds. The topological polar surface area (TPSA) is 72.4 Å². The number of fused-ring (bicyclic) bond motifs is 4. The first-order valence-electron chi connectivity index (χ1n) is 18.7. The number of nitrogens with one attached hydrogen (secondary N) is 1. The number of nitrogens with zero attached hydrogens (tertiary/aromatic N) is 3. The van der Waals surface area contributed by atoms with Gasteiger partial charge in [-0.25, -0.2) is 0 Å². The summed E-state index contributed by atoms with van der Waals surface area (Å²) >= 11 is 0. The van der Waals surface area contributed by atoms with Gasteiger partial charge in [-0.05, 0) is 54.6 Å². The van der Waals surface area contributed by atoms with Gasteiger partial charge in [-0.3, -0.25) is 9.69 Å². The number of aryl methyl sites for hydroxylation is 1. The summed E-state index contributed by atoms with van der Waals surface area (Å²) < 4.78 is 116. The van der Waals surface area contributed by atoms with E-state index in [0.717, 1.165) is 4.90 Å². The molecule has 3 heterocycles. The second-order valence-corrected chi connectivity index (χ2v) is 9.26. The Morgan fingerprint density at radius 3 is 2.78 bits per heavy atom. The highest BCUT2D eigenvalue weighted by Gasteiger charge is 2.40. The standard InChI is InChI=1S/C30H34N4O2/c1-4-20-16-23-24(17-26(20)34-9-7-21(8-10-34)33-11-13-36-14-12-33)30(2,3)29-27(28(23)35)22-6-5-19(18-31)15-25(22)32-29/h5-6,15-17,21,32H,4,7-14H2,1-3H3/i1D,2D,3D,4D2,9D2,10D2,13D2,14D2. The maximum atomic E-state index is 14.3. The molecule has 2 aliphatic heterocycles. The molecule has 3 aliphatic rings. The Hall–Kier alpha value is -3.14. The van der Waals surface area contributed by atoms with Gasteiger partial charge in [0.05, 0.1) is 35.8 Å². The van der Waals surface area contributed by atoms with Crippen molar-refractivity contribution in [3.8, 4) is 6.07 Å². The maximum absolute atomic E-state index is 14.3. The lowest BCUT2D eigenvalue weighted by Gasteiger charge is -2.42. The van der Waals surface area contributed by atoms with E-state index >= 15 is 0 Å². The first-order valence-corrected chi connectivity index (χ1v) is 11.6. The van der Waals surface area contributed by atoms with Crippen molar-refractivity contribution in [1.29, 1.82) is 5.26 Å². The molecule has 0 atom stereocenters. The van der Waals surface area contributed by atoms with Crippen LogP contribution in [-0.4, -0.2) is 60.9 Å². The monoisotopic (exact) mass is 495 g/mol. The average Bonchev–Trinajstić information content (AvgIpc) is 3.38. The molecule has 6 heteroatoms. The molecule has 0 saturated carbocycles. The number of hydrogen-bond donors (Lipinski definition) is 1. The van der Waals surface area contributed by atoms with Crippen LogP contribution in [0.3, 0.4) is 0 Å². The van der Waals surface area contributed by atoms with Crippen LogP contribution in [0.2, 0.25) is 0 Å². The van der Waals surface area contributed by atoms with Crippen LogP contribution in [0.5, 0.6) is 0 Å². The highest BCUT2D eigenvalue weighted by Crippen LogP contribution is 2.46. The molecule has 3 aromatic rings. The van der Waals surface area contributed by atoms with Crippen molar-refractivity contribution in [2.45, 2.75) is 51.4 Å². The van der Waals surface area contributed by atoms with Gasteiger partial charge < -0.3 is 14.6 Å². The van der Waals surface area contributed by atoms with Crippen molar-refractivity contribution in [3.63, 3.8) is 0 Å². The molecule has 2 aromatic carbocycles. The number of rotatable bonds is 3. The fraction of sp³-hybridized carbons (Fsp3) is 0.467. The van der Waals surface area contributed by atoms with Crippen LogP contribution in [0.15, 0.2) is 30.3 Å². The summed E-state index contributed by atoms with van der Waals surface area (Å²) in [6.45, 7) is -12.7. The van der Waals surface area contributed by atoms with Crippen LogP contribution in [0, 0.1) is 11.3 Å². The van der Waals surface area contributed by atoms with Crippen molar-refractivity contribution < 1.29 is 27.4 Å². The van der Waals surface area contributed by atoms with Gasteiger partial charge in [0.2, 0.25) is 0 Å². The van der Waals surface area contributed by atoms with E-state index in [9.17, 15) is 10.1 Å². The molecule has 2 saturated heterocycles. The molecule has 0 bridgehead atoms. The van der Waals surface area contributed by atoms with Crippen LogP contribution >= 0.6 is 0 Å². The number of carbonyl (C=O) groups excluding carboxylic acids is 1. The summed E-state index contributed by atoms with van der Waals surface area (Å²) in [7, 11) is 0. The molecule has 1 aliphatic carbocycles. The zero-order chi connectivity index (χ0) is 36.1. The number of ketones is 1. The second kappa shape index (κ2) is 8.76. The first kappa shape index (κ1) is 12.9. The van der Waals surface area contributed by atoms with Gasteiger partial charge in [0.1, 0.15) is 0 Å². The minimum atomic E-state index is -2.59. The van der Waals surface area contributed by atoms with Crippen LogP contribution in [-0.2, 0) is 16.5 Å².